The number of aromatic nitrogens is 4. The fourth-order valence-electron chi connectivity index (χ4n) is 4.10. The smallest absolute Gasteiger partial charge is 0.187 e. The van der Waals surface area contributed by atoms with Crippen LogP contribution >= 0.6 is 11.3 Å². The van der Waals surface area contributed by atoms with Gasteiger partial charge in [0.05, 0.1) is 11.8 Å². The Kier molecular flexibility index (Phi) is 5.76. The van der Waals surface area contributed by atoms with Crippen LogP contribution in [-0.4, -0.2) is 40.6 Å². The summed E-state index contributed by atoms with van der Waals surface area (Å²) in [7, 11) is 3.79. The van der Waals surface area contributed by atoms with E-state index in [1.165, 1.54) is 23.5 Å². The number of thiazole rings is 1. The van der Waals surface area contributed by atoms with Gasteiger partial charge in [-0.1, -0.05) is 11.3 Å². The Balaban J connectivity index is 1.59. The molecule has 0 aliphatic carbocycles. The van der Waals surface area contributed by atoms with Crippen molar-refractivity contribution in [3.05, 3.63) is 65.2 Å². The van der Waals surface area contributed by atoms with E-state index in [9.17, 15) is 8.78 Å². The molecule has 0 saturated carbocycles. The van der Waals surface area contributed by atoms with Gasteiger partial charge in [-0.15, -0.1) is 0 Å². The standard InChI is InChI=1S/C24H23F2N5OS/c1-13-10-14(6-8-27-13)19-11-15(7-9-32-19)22-28-20(17-5-4-16(25)12-18(17)26)21-23(29-22)30-24(33-21)31(2)3/h4-6,8,10,12,15,19H,7,9,11H2,1-3H3/t15?,19-/m1/s1. The predicted octanol–water partition coefficient (Wildman–Crippen LogP) is 5.44. The molecular weight excluding hydrogens is 444 g/mol. The molecule has 1 fully saturated rings. The molecule has 1 unspecified atom stereocenters. The predicted molar refractivity (Wildman–Crippen MR) is 125 cm³/mol. The van der Waals surface area contributed by atoms with Crippen molar-refractivity contribution in [3.63, 3.8) is 0 Å². The molecule has 3 aromatic heterocycles. The van der Waals surface area contributed by atoms with Gasteiger partial charge in [-0.3, -0.25) is 4.98 Å². The number of nitrogens with zero attached hydrogens (tertiary/aromatic N) is 5. The highest BCUT2D eigenvalue weighted by Gasteiger charge is 2.29. The quantitative estimate of drug-likeness (QED) is 0.398. The van der Waals surface area contributed by atoms with Gasteiger partial charge in [-0.05, 0) is 49.6 Å². The maximum atomic E-state index is 14.8. The third-order valence-corrected chi connectivity index (χ3v) is 6.99. The molecule has 0 amide bonds. The number of anilines is 1. The van der Waals surface area contributed by atoms with Gasteiger partial charge in [0.15, 0.2) is 10.8 Å². The summed E-state index contributed by atoms with van der Waals surface area (Å²) in [4.78, 5) is 20.4. The van der Waals surface area contributed by atoms with E-state index in [1.54, 1.807) is 6.20 Å². The van der Waals surface area contributed by atoms with Gasteiger partial charge in [-0.2, -0.15) is 4.98 Å². The number of benzene rings is 1. The summed E-state index contributed by atoms with van der Waals surface area (Å²) in [5.74, 6) is -0.651. The molecule has 4 aromatic rings. The first-order chi connectivity index (χ1) is 15.9. The van der Waals surface area contributed by atoms with Crippen LogP contribution in [0.4, 0.5) is 13.9 Å². The number of halogens is 2. The topological polar surface area (TPSA) is 64.0 Å². The highest BCUT2D eigenvalue weighted by molar-refractivity contribution is 7.22. The summed E-state index contributed by atoms with van der Waals surface area (Å²) in [6.45, 7) is 2.52. The van der Waals surface area contributed by atoms with Crippen molar-refractivity contribution >= 4 is 26.8 Å². The summed E-state index contributed by atoms with van der Waals surface area (Å²) in [5, 5.41) is 0.748. The van der Waals surface area contributed by atoms with Gasteiger partial charge in [0, 0.05) is 50.1 Å². The van der Waals surface area contributed by atoms with Crippen LogP contribution in [-0.2, 0) is 4.74 Å². The van der Waals surface area contributed by atoms with Crippen molar-refractivity contribution < 1.29 is 13.5 Å². The third-order valence-electron chi connectivity index (χ3n) is 5.77. The van der Waals surface area contributed by atoms with Crippen molar-refractivity contribution in [3.8, 4) is 11.3 Å². The fraction of sp³-hybridized carbons (Fsp3) is 0.333. The monoisotopic (exact) mass is 467 g/mol. The molecule has 0 spiro atoms. The van der Waals surface area contributed by atoms with Gasteiger partial charge in [0.2, 0.25) is 0 Å². The van der Waals surface area contributed by atoms with E-state index in [0.717, 1.165) is 28.9 Å². The maximum absolute atomic E-state index is 14.8. The van der Waals surface area contributed by atoms with Gasteiger partial charge in [0.1, 0.15) is 22.2 Å². The zero-order valence-corrected chi connectivity index (χ0v) is 19.4. The maximum Gasteiger partial charge on any atom is 0.187 e. The number of pyridine rings is 1. The molecule has 4 heterocycles. The molecule has 170 valence electrons. The van der Waals surface area contributed by atoms with Crippen molar-refractivity contribution in [2.45, 2.75) is 31.8 Å². The summed E-state index contributed by atoms with van der Waals surface area (Å²) >= 11 is 1.39. The molecule has 1 aliphatic heterocycles. The Hall–Kier alpha value is -3.04. The SMILES string of the molecule is Cc1cc([C@H]2CC(c3nc(-c4ccc(F)cc4F)c4sc(N(C)C)nc4n3)CCO2)ccn1. The van der Waals surface area contributed by atoms with Gasteiger partial charge >= 0.3 is 0 Å². The minimum absolute atomic E-state index is 0.0217. The summed E-state index contributed by atoms with van der Waals surface area (Å²) < 4.78 is 35.1. The summed E-state index contributed by atoms with van der Waals surface area (Å²) in [6.07, 6.45) is 3.14. The Morgan fingerprint density at radius 1 is 1.09 bits per heavy atom. The van der Waals surface area contributed by atoms with Crippen LogP contribution in [0.25, 0.3) is 21.6 Å². The first kappa shape index (κ1) is 21.8. The number of ether oxygens (including phenoxy) is 1. The first-order valence-electron chi connectivity index (χ1n) is 10.7. The molecule has 1 aromatic carbocycles. The number of rotatable bonds is 4. The minimum Gasteiger partial charge on any atom is -0.373 e. The van der Waals surface area contributed by atoms with Crippen LogP contribution in [0.2, 0.25) is 0 Å². The lowest BCUT2D eigenvalue weighted by molar-refractivity contribution is 0.00394. The average Bonchev–Trinajstić information content (AvgIpc) is 3.24. The lowest BCUT2D eigenvalue weighted by Crippen LogP contribution is -2.20. The van der Waals surface area contributed by atoms with Crippen LogP contribution in [0.15, 0.2) is 36.5 Å². The van der Waals surface area contributed by atoms with Crippen LogP contribution in [0.3, 0.4) is 0 Å². The van der Waals surface area contributed by atoms with Gasteiger partial charge in [-0.25, -0.2) is 18.7 Å². The number of hydrogen-bond donors (Lipinski definition) is 0. The zero-order valence-electron chi connectivity index (χ0n) is 18.5. The number of aryl methyl sites for hydroxylation is 1. The highest BCUT2D eigenvalue weighted by atomic mass is 32.1. The molecular formula is C24H23F2N5OS. The second-order valence-electron chi connectivity index (χ2n) is 8.41. The van der Waals surface area contributed by atoms with E-state index in [4.69, 9.17) is 14.7 Å². The molecule has 1 saturated heterocycles. The van der Waals surface area contributed by atoms with Crippen molar-refractivity contribution in [1.29, 1.82) is 0 Å². The second-order valence-corrected chi connectivity index (χ2v) is 9.39. The van der Waals surface area contributed by atoms with E-state index in [1.807, 2.05) is 38.1 Å². The Morgan fingerprint density at radius 2 is 1.94 bits per heavy atom. The lowest BCUT2D eigenvalue weighted by atomic mass is 9.91. The van der Waals surface area contributed by atoms with Crippen LogP contribution < -0.4 is 4.90 Å². The second kappa shape index (κ2) is 8.72. The van der Waals surface area contributed by atoms with E-state index < -0.39 is 11.6 Å². The molecule has 33 heavy (non-hydrogen) atoms. The minimum atomic E-state index is -0.655. The van der Waals surface area contributed by atoms with Gasteiger partial charge in [0.25, 0.3) is 0 Å². The molecule has 0 bridgehead atoms. The van der Waals surface area contributed by atoms with E-state index in [0.29, 0.717) is 34.9 Å². The number of fused-ring (bicyclic) bond motifs is 1. The molecule has 5 rings (SSSR count). The van der Waals surface area contributed by atoms with Crippen molar-refractivity contribution in [1.82, 2.24) is 19.9 Å². The molecule has 2 atom stereocenters. The summed E-state index contributed by atoms with van der Waals surface area (Å²) in [6, 6.07) is 7.55. The molecule has 0 radical (unpaired) electrons. The normalized spacial score (nSPS) is 18.6. The first-order valence-corrected chi connectivity index (χ1v) is 11.6. The fourth-order valence-corrected chi connectivity index (χ4v) is 5.03. The van der Waals surface area contributed by atoms with Crippen molar-refractivity contribution in [2.75, 3.05) is 25.6 Å². The average molecular weight is 468 g/mol. The van der Waals surface area contributed by atoms with Crippen molar-refractivity contribution in [2.24, 2.45) is 0 Å². The Bertz CT molecular complexity index is 1330. The summed E-state index contributed by atoms with van der Waals surface area (Å²) in [5.41, 5.74) is 3.22. The van der Waals surface area contributed by atoms with E-state index in [-0.39, 0.29) is 17.6 Å². The van der Waals surface area contributed by atoms with Crippen LogP contribution in [0, 0.1) is 18.6 Å². The Labute approximate surface area is 194 Å². The molecule has 6 nitrogen and oxygen atoms in total. The largest absolute Gasteiger partial charge is 0.373 e. The van der Waals surface area contributed by atoms with E-state index in [2.05, 4.69) is 9.97 Å². The highest BCUT2D eigenvalue weighted by Crippen LogP contribution is 2.40. The molecule has 9 heteroatoms. The van der Waals surface area contributed by atoms with Crippen LogP contribution in [0.5, 0.6) is 0 Å². The number of hydrogen-bond acceptors (Lipinski definition) is 7. The van der Waals surface area contributed by atoms with Crippen LogP contribution in [0.1, 0.15) is 41.9 Å². The van der Waals surface area contributed by atoms with E-state index >= 15 is 0 Å². The zero-order chi connectivity index (χ0) is 23.1. The molecule has 1 aliphatic rings. The molecule has 0 N–H and O–H groups in total. The third kappa shape index (κ3) is 4.30. The lowest BCUT2D eigenvalue weighted by Gasteiger charge is -2.29. The Morgan fingerprint density at radius 3 is 2.70 bits per heavy atom. The van der Waals surface area contributed by atoms with Gasteiger partial charge < -0.3 is 9.64 Å².